The maximum Gasteiger partial charge on any atom is 0.229 e. The lowest BCUT2D eigenvalue weighted by molar-refractivity contribution is 0.607. The van der Waals surface area contributed by atoms with Crippen LogP contribution in [0.4, 0.5) is 5.69 Å². The lowest BCUT2D eigenvalue weighted by Gasteiger charge is -2.06. The highest BCUT2D eigenvalue weighted by Crippen LogP contribution is 2.07. The topological polar surface area (TPSA) is 46.2 Å². The number of benzene rings is 1. The lowest BCUT2D eigenvalue weighted by Crippen LogP contribution is -2.13. The Balaban J connectivity index is 2.99. The van der Waals surface area contributed by atoms with Crippen LogP contribution >= 0.6 is 0 Å². The third kappa shape index (κ3) is 3.10. The van der Waals surface area contributed by atoms with E-state index in [1.54, 1.807) is 18.2 Å². The van der Waals surface area contributed by atoms with E-state index in [9.17, 15) is 8.42 Å². The Bertz CT molecular complexity index is 414. The molecule has 0 aromatic heterocycles. The molecule has 1 rings (SSSR count). The normalized spacial score (nSPS) is 11.2. The summed E-state index contributed by atoms with van der Waals surface area (Å²) in [7, 11) is 2.39. The Hall–Kier alpha value is -0.965. The van der Waals surface area contributed by atoms with Crippen LogP contribution in [-0.4, -0.2) is 22.5 Å². The maximum atomic E-state index is 10.8. The second kappa shape index (κ2) is 3.42. The average molecular weight is 195 g/mol. The molecule has 0 spiro atoms. The summed E-state index contributed by atoms with van der Waals surface area (Å²) in [6, 6.07) is 5.03. The van der Waals surface area contributed by atoms with E-state index in [2.05, 4.69) is 4.72 Å². The van der Waals surface area contributed by atoms with E-state index in [4.69, 9.17) is 7.85 Å². The van der Waals surface area contributed by atoms with Gasteiger partial charge in [-0.2, -0.15) is 0 Å². The number of sulfonamides is 1. The summed E-state index contributed by atoms with van der Waals surface area (Å²) in [6.45, 7) is 1.86. The van der Waals surface area contributed by atoms with E-state index < -0.39 is 10.0 Å². The van der Waals surface area contributed by atoms with Crippen LogP contribution in [0.1, 0.15) is 5.56 Å². The third-order valence-corrected chi connectivity index (χ3v) is 2.19. The van der Waals surface area contributed by atoms with Crippen molar-refractivity contribution in [3.05, 3.63) is 23.8 Å². The van der Waals surface area contributed by atoms with E-state index in [0.29, 0.717) is 11.2 Å². The lowest BCUT2D eigenvalue weighted by atomic mass is 9.91. The maximum absolute atomic E-state index is 10.8. The number of hydrogen-bond acceptors (Lipinski definition) is 2. The molecule has 13 heavy (non-hydrogen) atoms. The molecule has 2 radical (unpaired) electrons. The van der Waals surface area contributed by atoms with Crippen LogP contribution < -0.4 is 10.2 Å². The number of nitrogens with one attached hydrogen (secondary N) is 1. The van der Waals surface area contributed by atoms with E-state index in [-0.39, 0.29) is 0 Å². The van der Waals surface area contributed by atoms with Crippen LogP contribution in [0.2, 0.25) is 0 Å². The highest BCUT2D eigenvalue weighted by molar-refractivity contribution is 7.92. The van der Waals surface area contributed by atoms with E-state index in [1.807, 2.05) is 6.92 Å². The van der Waals surface area contributed by atoms with Crippen molar-refractivity contribution in [3.63, 3.8) is 0 Å². The van der Waals surface area contributed by atoms with Crippen molar-refractivity contribution in [2.75, 3.05) is 11.0 Å². The molecule has 0 aliphatic rings. The van der Waals surface area contributed by atoms with Gasteiger partial charge in [0.25, 0.3) is 0 Å². The smallest absolute Gasteiger partial charge is 0.229 e. The molecule has 3 nitrogen and oxygen atoms in total. The summed E-state index contributed by atoms with van der Waals surface area (Å²) in [4.78, 5) is 0. The first-order valence-corrected chi connectivity index (χ1v) is 5.61. The summed E-state index contributed by atoms with van der Waals surface area (Å²) in [5.74, 6) is 0. The van der Waals surface area contributed by atoms with Gasteiger partial charge < -0.3 is 0 Å². The molecule has 1 aromatic carbocycles. The van der Waals surface area contributed by atoms with Gasteiger partial charge in [0.15, 0.2) is 0 Å². The van der Waals surface area contributed by atoms with Crippen molar-refractivity contribution in [2.45, 2.75) is 6.92 Å². The quantitative estimate of drug-likeness (QED) is 0.683. The molecule has 0 aliphatic carbocycles. The second-order valence-electron chi connectivity index (χ2n) is 2.95. The van der Waals surface area contributed by atoms with E-state index in [1.165, 1.54) is 0 Å². The fourth-order valence-electron chi connectivity index (χ4n) is 0.918. The highest BCUT2D eigenvalue weighted by Gasteiger charge is 2.01. The molecule has 0 unspecified atom stereocenters. The zero-order chi connectivity index (χ0) is 10.1. The summed E-state index contributed by atoms with van der Waals surface area (Å²) < 4.78 is 24.0. The molecule has 0 saturated heterocycles. The summed E-state index contributed by atoms with van der Waals surface area (Å²) in [6.07, 6.45) is 1.10. The van der Waals surface area contributed by atoms with Crippen molar-refractivity contribution in [2.24, 2.45) is 0 Å². The Morgan fingerprint density at radius 2 is 2.00 bits per heavy atom. The summed E-state index contributed by atoms with van der Waals surface area (Å²) in [5.41, 5.74) is 2.00. The number of rotatable bonds is 2. The number of hydrogen-bond donors (Lipinski definition) is 1. The minimum absolute atomic E-state index is 0.491. The van der Waals surface area contributed by atoms with Crippen LogP contribution in [-0.2, 0) is 10.0 Å². The fraction of sp³-hybridized carbons (Fsp3) is 0.250. The molecule has 5 heteroatoms. The SMILES string of the molecule is [B]c1cc(NS(C)(=O)=O)ccc1C. The van der Waals surface area contributed by atoms with Gasteiger partial charge in [0.2, 0.25) is 10.0 Å². The molecule has 0 heterocycles. The van der Waals surface area contributed by atoms with Crippen molar-refractivity contribution < 1.29 is 8.42 Å². The van der Waals surface area contributed by atoms with Gasteiger partial charge in [0.1, 0.15) is 7.85 Å². The monoisotopic (exact) mass is 195 g/mol. The molecule has 0 fully saturated rings. The Kier molecular flexibility index (Phi) is 2.66. The predicted octanol–water partition coefficient (Wildman–Crippen LogP) is 0.160. The molecule has 0 amide bonds. The van der Waals surface area contributed by atoms with Crippen LogP contribution in [0.25, 0.3) is 0 Å². The van der Waals surface area contributed by atoms with Crippen molar-refractivity contribution in [3.8, 4) is 0 Å². The van der Waals surface area contributed by atoms with Crippen molar-refractivity contribution >= 4 is 29.0 Å². The first-order valence-electron chi connectivity index (χ1n) is 3.72. The van der Waals surface area contributed by atoms with Crippen LogP contribution in [0, 0.1) is 6.92 Å². The number of aryl methyl sites for hydroxylation is 1. The van der Waals surface area contributed by atoms with Gasteiger partial charge >= 0.3 is 0 Å². The first-order chi connectivity index (χ1) is 5.88. The third-order valence-electron chi connectivity index (χ3n) is 1.58. The van der Waals surface area contributed by atoms with Crippen LogP contribution in [0.3, 0.4) is 0 Å². The standard InChI is InChI=1S/C8H10BNO2S/c1-6-3-4-7(5-8(6)9)10-13(2,11)12/h3-5,10H,1-2H3. The second-order valence-corrected chi connectivity index (χ2v) is 4.69. The molecule has 0 aliphatic heterocycles. The molecule has 0 saturated carbocycles. The minimum atomic E-state index is -3.21. The van der Waals surface area contributed by atoms with Gasteiger partial charge in [-0.1, -0.05) is 17.1 Å². The van der Waals surface area contributed by atoms with Gasteiger partial charge in [-0.3, -0.25) is 4.72 Å². The Labute approximate surface area is 79.6 Å². The highest BCUT2D eigenvalue weighted by atomic mass is 32.2. The molecule has 0 atom stereocenters. The minimum Gasteiger partial charge on any atom is -0.284 e. The van der Waals surface area contributed by atoms with E-state index in [0.717, 1.165) is 11.8 Å². The fourth-order valence-corrected chi connectivity index (χ4v) is 1.47. The zero-order valence-corrected chi connectivity index (χ0v) is 8.35. The first kappa shape index (κ1) is 10.1. The Morgan fingerprint density at radius 1 is 1.38 bits per heavy atom. The van der Waals surface area contributed by atoms with Gasteiger partial charge in [-0.25, -0.2) is 8.42 Å². The van der Waals surface area contributed by atoms with E-state index >= 15 is 0 Å². The van der Waals surface area contributed by atoms with Crippen molar-refractivity contribution in [1.82, 2.24) is 0 Å². The van der Waals surface area contributed by atoms with Gasteiger partial charge in [-0.05, 0) is 19.1 Å². The Morgan fingerprint density at radius 3 is 2.46 bits per heavy atom. The zero-order valence-electron chi connectivity index (χ0n) is 7.53. The van der Waals surface area contributed by atoms with Crippen LogP contribution in [0.5, 0.6) is 0 Å². The summed E-state index contributed by atoms with van der Waals surface area (Å²) >= 11 is 0. The average Bonchev–Trinajstić information content (AvgIpc) is 1.94. The molecule has 1 N–H and O–H groups in total. The molecule has 1 aromatic rings. The molecule has 68 valence electrons. The molecular weight excluding hydrogens is 185 g/mol. The van der Waals surface area contributed by atoms with Gasteiger partial charge in [-0.15, -0.1) is 0 Å². The largest absolute Gasteiger partial charge is 0.284 e. The van der Waals surface area contributed by atoms with Gasteiger partial charge in [0.05, 0.1) is 6.26 Å². The number of anilines is 1. The predicted molar refractivity (Wildman–Crippen MR) is 55.0 cm³/mol. The molecule has 0 bridgehead atoms. The van der Waals surface area contributed by atoms with Gasteiger partial charge in [0, 0.05) is 5.69 Å². The molecular formula is C8H10BNO2S. The van der Waals surface area contributed by atoms with Crippen molar-refractivity contribution in [1.29, 1.82) is 0 Å². The van der Waals surface area contributed by atoms with Crippen LogP contribution in [0.15, 0.2) is 18.2 Å². The summed E-state index contributed by atoms with van der Waals surface area (Å²) in [5, 5.41) is 0.